The van der Waals surface area contributed by atoms with Crippen LogP contribution in [0.5, 0.6) is 0 Å². The van der Waals surface area contributed by atoms with Gasteiger partial charge in [-0.05, 0) is 30.2 Å². The molecule has 0 aliphatic carbocycles. The van der Waals surface area contributed by atoms with Gasteiger partial charge in [0.25, 0.3) is 0 Å². The van der Waals surface area contributed by atoms with Gasteiger partial charge in [0.15, 0.2) is 0 Å². The first-order chi connectivity index (χ1) is 11.0. The van der Waals surface area contributed by atoms with Gasteiger partial charge in [0.1, 0.15) is 5.82 Å². The summed E-state index contributed by atoms with van der Waals surface area (Å²) >= 11 is 0. The fourth-order valence-electron chi connectivity index (χ4n) is 2.84. The smallest absolute Gasteiger partial charge is 0.240 e. The van der Waals surface area contributed by atoms with Gasteiger partial charge in [-0.15, -0.1) is 0 Å². The molecule has 0 bridgehead atoms. The summed E-state index contributed by atoms with van der Waals surface area (Å²) in [6.45, 7) is 2.30. The summed E-state index contributed by atoms with van der Waals surface area (Å²) in [7, 11) is -3.68. The van der Waals surface area contributed by atoms with E-state index in [4.69, 9.17) is 0 Å². The lowest BCUT2D eigenvalue weighted by molar-refractivity contribution is 0.324. The van der Waals surface area contributed by atoms with Crippen molar-refractivity contribution in [3.8, 4) is 0 Å². The highest BCUT2D eigenvalue weighted by atomic mass is 32.2. The van der Waals surface area contributed by atoms with Gasteiger partial charge in [-0.25, -0.2) is 17.5 Å². The van der Waals surface area contributed by atoms with Crippen LogP contribution in [0, 0.1) is 5.82 Å². The quantitative estimate of drug-likeness (QED) is 0.913. The highest BCUT2D eigenvalue weighted by Gasteiger charge is 2.27. The van der Waals surface area contributed by atoms with Gasteiger partial charge < -0.3 is 0 Å². The van der Waals surface area contributed by atoms with Gasteiger partial charge >= 0.3 is 0 Å². The van der Waals surface area contributed by atoms with Crippen LogP contribution in [0.15, 0.2) is 59.5 Å². The van der Waals surface area contributed by atoms with Crippen LogP contribution in [-0.2, 0) is 16.6 Å². The van der Waals surface area contributed by atoms with Crippen molar-refractivity contribution in [1.29, 1.82) is 0 Å². The number of halogens is 1. The molecule has 1 heterocycles. The molecule has 2 aromatic carbocycles. The van der Waals surface area contributed by atoms with E-state index in [-0.39, 0.29) is 10.9 Å². The lowest BCUT2D eigenvalue weighted by atomic mass is 10.2. The van der Waals surface area contributed by atoms with Gasteiger partial charge in [-0.3, -0.25) is 4.90 Å². The zero-order chi connectivity index (χ0) is 16.3. The molecule has 6 heteroatoms. The van der Waals surface area contributed by atoms with E-state index in [0.717, 1.165) is 25.6 Å². The van der Waals surface area contributed by atoms with E-state index in [1.165, 1.54) is 23.8 Å². The molecule has 0 radical (unpaired) electrons. The van der Waals surface area contributed by atoms with E-state index in [1.54, 1.807) is 0 Å². The second kappa shape index (κ2) is 6.78. The molecule has 1 atom stereocenters. The average molecular weight is 334 g/mol. The minimum Gasteiger partial charge on any atom is -0.297 e. The minimum absolute atomic E-state index is 0.0287. The first-order valence-electron chi connectivity index (χ1n) is 7.57. The maximum atomic E-state index is 13.2. The number of hydrogen-bond acceptors (Lipinski definition) is 3. The van der Waals surface area contributed by atoms with Crippen molar-refractivity contribution < 1.29 is 12.8 Å². The van der Waals surface area contributed by atoms with Gasteiger partial charge in [0.05, 0.1) is 4.90 Å². The summed E-state index contributed by atoms with van der Waals surface area (Å²) in [5, 5.41) is 0. The first kappa shape index (κ1) is 16.1. The Kier molecular flexibility index (Phi) is 4.75. The van der Waals surface area contributed by atoms with Crippen LogP contribution in [0.25, 0.3) is 0 Å². The summed E-state index contributed by atoms with van der Waals surface area (Å²) in [5.41, 5.74) is 1.21. The summed E-state index contributed by atoms with van der Waals surface area (Å²) in [6, 6.07) is 15.0. The molecule has 2 aromatic rings. The van der Waals surface area contributed by atoms with Crippen molar-refractivity contribution in [3.63, 3.8) is 0 Å². The van der Waals surface area contributed by atoms with Crippen molar-refractivity contribution in [2.75, 3.05) is 13.1 Å². The normalized spacial score (nSPS) is 19.1. The van der Waals surface area contributed by atoms with E-state index in [2.05, 4.69) is 21.8 Å². The number of sulfonamides is 1. The molecule has 1 aliphatic heterocycles. The van der Waals surface area contributed by atoms with Crippen molar-refractivity contribution in [3.05, 3.63) is 66.0 Å². The number of rotatable bonds is 5. The van der Waals surface area contributed by atoms with Gasteiger partial charge in [0, 0.05) is 25.7 Å². The van der Waals surface area contributed by atoms with E-state index in [9.17, 15) is 12.8 Å². The highest BCUT2D eigenvalue weighted by Crippen LogP contribution is 2.17. The molecule has 0 saturated carbocycles. The van der Waals surface area contributed by atoms with Crippen LogP contribution < -0.4 is 4.72 Å². The zero-order valence-electron chi connectivity index (χ0n) is 12.7. The third-order valence-electron chi connectivity index (χ3n) is 3.95. The summed E-state index contributed by atoms with van der Waals surface area (Å²) < 4.78 is 40.5. The number of nitrogens with one attached hydrogen (secondary N) is 1. The van der Waals surface area contributed by atoms with E-state index in [1.807, 2.05) is 18.2 Å². The fraction of sp³-hybridized carbons (Fsp3) is 0.294. The summed E-state index contributed by atoms with van der Waals surface area (Å²) in [6.07, 6.45) is 0.751. The molecule has 23 heavy (non-hydrogen) atoms. The predicted molar refractivity (Wildman–Crippen MR) is 86.8 cm³/mol. The van der Waals surface area contributed by atoms with Crippen molar-refractivity contribution in [1.82, 2.24) is 9.62 Å². The molecule has 1 fully saturated rings. The maximum absolute atomic E-state index is 13.2. The van der Waals surface area contributed by atoms with Gasteiger partial charge in [-0.1, -0.05) is 36.4 Å². The Morgan fingerprint density at radius 1 is 1.13 bits per heavy atom. The Morgan fingerprint density at radius 2 is 1.91 bits per heavy atom. The Hall–Kier alpha value is -1.76. The van der Waals surface area contributed by atoms with Crippen LogP contribution in [0.3, 0.4) is 0 Å². The third-order valence-corrected chi connectivity index (χ3v) is 5.47. The molecular formula is C17H19FN2O2S. The molecule has 1 N–H and O–H groups in total. The number of likely N-dealkylation sites (tertiary alicyclic amines) is 1. The average Bonchev–Trinajstić information content (AvgIpc) is 2.94. The molecule has 1 unspecified atom stereocenters. The Bertz CT molecular complexity index is 765. The van der Waals surface area contributed by atoms with Crippen LogP contribution in [0.4, 0.5) is 4.39 Å². The maximum Gasteiger partial charge on any atom is 0.240 e. The van der Waals surface area contributed by atoms with Crippen molar-refractivity contribution in [2.24, 2.45) is 0 Å². The van der Waals surface area contributed by atoms with Crippen molar-refractivity contribution in [2.45, 2.75) is 23.9 Å². The van der Waals surface area contributed by atoms with Crippen LogP contribution in [0.1, 0.15) is 12.0 Å². The summed E-state index contributed by atoms with van der Waals surface area (Å²) in [5.74, 6) is -0.551. The minimum atomic E-state index is -3.68. The van der Waals surface area contributed by atoms with Gasteiger partial charge in [-0.2, -0.15) is 0 Å². The van der Waals surface area contributed by atoms with Gasteiger partial charge in [0.2, 0.25) is 10.0 Å². The molecule has 1 saturated heterocycles. The zero-order valence-corrected chi connectivity index (χ0v) is 13.5. The summed E-state index contributed by atoms with van der Waals surface area (Å²) in [4.78, 5) is 2.19. The Morgan fingerprint density at radius 3 is 2.65 bits per heavy atom. The van der Waals surface area contributed by atoms with E-state index in [0.29, 0.717) is 6.54 Å². The third kappa shape index (κ3) is 4.16. The molecule has 0 amide bonds. The lowest BCUT2D eigenvalue weighted by Crippen LogP contribution is -2.37. The molecular weight excluding hydrogens is 315 g/mol. The molecule has 4 nitrogen and oxygen atoms in total. The number of hydrogen-bond donors (Lipinski definition) is 1. The topological polar surface area (TPSA) is 49.4 Å². The SMILES string of the molecule is O=S(=O)(NC1CCN(Cc2ccccc2)C1)c1cccc(F)c1. The fourth-order valence-corrected chi connectivity index (χ4v) is 4.13. The molecule has 0 spiro atoms. The molecule has 122 valence electrons. The predicted octanol–water partition coefficient (Wildman–Crippen LogP) is 2.38. The first-order valence-corrected chi connectivity index (χ1v) is 9.05. The standard InChI is InChI=1S/C17H19FN2O2S/c18-15-7-4-8-17(11-15)23(21,22)19-16-9-10-20(13-16)12-14-5-2-1-3-6-14/h1-8,11,16,19H,9-10,12-13H2. The monoisotopic (exact) mass is 334 g/mol. The molecule has 0 aromatic heterocycles. The molecule has 3 rings (SSSR count). The lowest BCUT2D eigenvalue weighted by Gasteiger charge is -2.17. The molecule has 1 aliphatic rings. The number of nitrogens with zero attached hydrogens (tertiary/aromatic N) is 1. The second-order valence-corrected chi connectivity index (χ2v) is 7.50. The largest absolute Gasteiger partial charge is 0.297 e. The van der Waals surface area contributed by atoms with Crippen LogP contribution in [-0.4, -0.2) is 32.4 Å². The number of benzene rings is 2. The van der Waals surface area contributed by atoms with Crippen LogP contribution in [0.2, 0.25) is 0 Å². The highest BCUT2D eigenvalue weighted by molar-refractivity contribution is 7.89. The van der Waals surface area contributed by atoms with Crippen LogP contribution >= 0.6 is 0 Å². The second-order valence-electron chi connectivity index (χ2n) is 5.78. The Labute approximate surface area is 136 Å². The van der Waals surface area contributed by atoms with Crippen molar-refractivity contribution >= 4 is 10.0 Å². The Balaban J connectivity index is 1.61. The van der Waals surface area contributed by atoms with E-state index < -0.39 is 15.8 Å². The van der Waals surface area contributed by atoms with E-state index >= 15 is 0 Å².